The molecule has 0 atom stereocenters. The third kappa shape index (κ3) is 5.21. The minimum Gasteiger partial charge on any atom is -0.481 e. The average Bonchev–Trinajstić information content (AvgIpc) is 3.39. The number of H-pyrrole nitrogens is 1. The van der Waals surface area contributed by atoms with Crippen LogP contribution in [0.25, 0.3) is 10.9 Å². The van der Waals surface area contributed by atoms with E-state index in [9.17, 15) is 4.79 Å². The largest absolute Gasteiger partial charge is 0.481 e. The predicted molar refractivity (Wildman–Crippen MR) is 127 cm³/mol. The van der Waals surface area contributed by atoms with Crippen LogP contribution < -0.4 is 11.1 Å². The fraction of sp³-hybridized carbons (Fsp3) is 0.125. The number of nitrogens with two attached hydrogens (primary N) is 1. The first-order valence-corrected chi connectivity index (χ1v) is 10.2. The van der Waals surface area contributed by atoms with Gasteiger partial charge in [0.05, 0.1) is 6.54 Å². The Labute approximate surface area is 189 Å². The molecule has 0 unspecified atom stereocenters. The summed E-state index contributed by atoms with van der Waals surface area (Å²) in [5.74, 6) is -0.0229. The first kappa shape index (κ1) is 21.7. The molecule has 0 aliphatic carbocycles. The minimum absolute atomic E-state index is 0.0121. The Morgan fingerprint density at radius 3 is 2.76 bits per heavy atom. The number of fused-ring (bicyclic) bond motifs is 2. The second kappa shape index (κ2) is 9.31. The van der Waals surface area contributed by atoms with Gasteiger partial charge in [-0.2, -0.15) is 4.98 Å². The molecule has 1 aliphatic heterocycles. The van der Waals surface area contributed by atoms with Gasteiger partial charge in [0.2, 0.25) is 5.95 Å². The van der Waals surface area contributed by atoms with Crippen molar-refractivity contribution < 1.29 is 14.7 Å². The van der Waals surface area contributed by atoms with Gasteiger partial charge < -0.3 is 21.1 Å². The predicted octanol–water partition coefficient (Wildman–Crippen LogP) is 3.49. The quantitative estimate of drug-likeness (QED) is 0.370. The highest BCUT2D eigenvalue weighted by atomic mass is 16.4. The van der Waals surface area contributed by atoms with Gasteiger partial charge in [-0.05, 0) is 46.8 Å². The fourth-order valence-corrected chi connectivity index (χ4v) is 3.57. The number of nitrogen functional groups attached to an aromatic ring is 1. The zero-order chi connectivity index (χ0) is 23.4. The minimum atomic E-state index is -0.833. The van der Waals surface area contributed by atoms with Gasteiger partial charge >= 0.3 is 0 Å². The maximum Gasteiger partial charge on any atom is 0.300 e. The molecular weight excluding hydrogens is 420 g/mol. The summed E-state index contributed by atoms with van der Waals surface area (Å²) in [5, 5.41) is 11.7. The number of aliphatic imine (C=N–C) groups is 1. The lowest BCUT2D eigenvalue weighted by Crippen LogP contribution is -2.16. The number of benzene rings is 2. The highest BCUT2D eigenvalue weighted by Crippen LogP contribution is 2.26. The Bertz CT molecular complexity index is 1370. The number of anilines is 3. The third-order valence-corrected chi connectivity index (χ3v) is 4.97. The summed E-state index contributed by atoms with van der Waals surface area (Å²) in [4.78, 5) is 37.7. The van der Waals surface area contributed by atoms with E-state index in [2.05, 4.69) is 25.3 Å². The van der Waals surface area contributed by atoms with Gasteiger partial charge in [-0.3, -0.25) is 14.6 Å². The molecule has 0 amide bonds. The van der Waals surface area contributed by atoms with Gasteiger partial charge in [-0.15, -0.1) is 0 Å². The van der Waals surface area contributed by atoms with Crippen molar-refractivity contribution in [2.45, 2.75) is 19.9 Å². The average molecular weight is 442 g/mol. The van der Waals surface area contributed by atoms with Gasteiger partial charge in [0, 0.05) is 42.5 Å². The first-order valence-electron chi connectivity index (χ1n) is 10.2. The maximum absolute atomic E-state index is 13.0. The summed E-state index contributed by atoms with van der Waals surface area (Å²) in [6, 6.07) is 15.6. The number of aliphatic carboxylic acids is 1. The van der Waals surface area contributed by atoms with Gasteiger partial charge in [0.25, 0.3) is 5.97 Å². The molecule has 2 aromatic carbocycles. The molecule has 0 bridgehead atoms. The Morgan fingerprint density at radius 1 is 1.15 bits per heavy atom. The van der Waals surface area contributed by atoms with Crippen LogP contribution in [0.15, 0.2) is 65.9 Å². The molecule has 2 aromatic heterocycles. The summed E-state index contributed by atoms with van der Waals surface area (Å²) in [7, 11) is 0. The molecule has 33 heavy (non-hydrogen) atoms. The Balaban J connectivity index is 0.000000601. The van der Waals surface area contributed by atoms with Crippen LogP contribution in [0.1, 0.15) is 23.6 Å². The number of carbonyl (C=O) groups excluding carboxylic acids is 1. The van der Waals surface area contributed by atoms with Crippen molar-refractivity contribution >= 4 is 45.8 Å². The molecular formula is C24H22N6O3. The number of carboxylic acids is 1. The monoisotopic (exact) mass is 442 g/mol. The van der Waals surface area contributed by atoms with Crippen molar-refractivity contribution in [2.24, 2.45) is 4.99 Å². The van der Waals surface area contributed by atoms with Crippen LogP contribution in [0.2, 0.25) is 0 Å². The molecule has 166 valence electrons. The van der Waals surface area contributed by atoms with Crippen LogP contribution in [0.4, 0.5) is 17.5 Å². The van der Waals surface area contributed by atoms with Crippen molar-refractivity contribution in [3.8, 4) is 0 Å². The molecule has 5 rings (SSSR count). The number of nitrogens with one attached hydrogen (secondary N) is 2. The van der Waals surface area contributed by atoms with E-state index < -0.39 is 5.97 Å². The molecule has 0 spiro atoms. The number of Topliss-reactive ketones (excluding diaryl/α,β-unsaturated/α-hetero) is 1. The molecule has 0 radical (unpaired) electrons. The lowest BCUT2D eigenvalue weighted by atomic mass is 9.98. The van der Waals surface area contributed by atoms with Crippen molar-refractivity contribution in [1.82, 2.24) is 15.0 Å². The molecule has 9 heteroatoms. The van der Waals surface area contributed by atoms with Gasteiger partial charge in [0.15, 0.2) is 5.78 Å². The smallest absolute Gasteiger partial charge is 0.300 e. The zero-order valence-electron chi connectivity index (χ0n) is 17.9. The molecule has 0 fully saturated rings. The molecule has 0 saturated heterocycles. The van der Waals surface area contributed by atoms with Crippen LogP contribution in [-0.4, -0.2) is 37.5 Å². The summed E-state index contributed by atoms with van der Waals surface area (Å²) < 4.78 is 0. The summed E-state index contributed by atoms with van der Waals surface area (Å²) >= 11 is 0. The molecule has 5 N–H and O–H groups in total. The molecule has 9 nitrogen and oxygen atoms in total. The van der Waals surface area contributed by atoms with Gasteiger partial charge in [0.1, 0.15) is 11.5 Å². The highest BCUT2D eigenvalue weighted by Gasteiger charge is 2.23. The number of rotatable bonds is 5. The van der Waals surface area contributed by atoms with Crippen LogP contribution >= 0.6 is 0 Å². The van der Waals surface area contributed by atoms with E-state index in [1.165, 1.54) is 0 Å². The van der Waals surface area contributed by atoms with Crippen molar-refractivity contribution in [3.05, 3.63) is 77.6 Å². The van der Waals surface area contributed by atoms with E-state index in [1.807, 2.05) is 48.7 Å². The Morgan fingerprint density at radius 2 is 1.97 bits per heavy atom. The number of carbonyl (C=O) groups is 2. The first-order chi connectivity index (χ1) is 15.9. The van der Waals surface area contributed by atoms with Gasteiger partial charge in [-0.25, -0.2) is 4.98 Å². The van der Waals surface area contributed by atoms with Crippen LogP contribution in [0.5, 0.6) is 0 Å². The number of nitrogens with zero attached hydrogens (tertiary/aromatic N) is 3. The van der Waals surface area contributed by atoms with Crippen LogP contribution in [0, 0.1) is 0 Å². The SMILES string of the molecule is CC(=O)O.Nc1nccc(Nc2ccc3c(c2)C(C(=O)Cc2ccc4cc[nH]c4c2)=NC3)n1. The fourth-order valence-electron chi connectivity index (χ4n) is 3.57. The maximum atomic E-state index is 13.0. The normalized spacial score (nSPS) is 11.8. The number of carboxylic acid groups (broad SMARTS) is 1. The molecule has 1 aliphatic rings. The van der Waals surface area contributed by atoms with Crippen molar-refractivity contribution in [2.75, 3.05) is 11.1 Å². The number of hydrogen-bond acceptors (Lipinski definition) is 7. The van der Waals surface area contributed by atoms with Crippen LogP contribution in [0.3, 0.4) is 0 Å². The van der Waals surface area contributed by atoms with Crippen molar-refractivity contribution in [1.29, 1.82) is 0 Å². The van der Waals surface area contributed by atoms with E-state index in [0.717, 1.165) is 40.2 Å². The lowest BCUT2D eigenvalue weighted by Gasteiger charge is -2.09. The summed E-state index contributed by atoms with van der Waals surface area (Å²) in [5.41, 5.74) is 10.9. The van der Waals surface area contributed by atoms with Crippen molar-refractivity contribution in [3.63, 3.8) is 0 Å². The number of hydrogen-bond donors (Lipinski definition) is 4. The zero-order valence-corrected chi connectivity index (χ0v) is 17.9. The van der Waals surface area contributed by atoms with E-state index in [-0.39, 0.29) is 11.7 Å². The third-order valence-electron chi connectivity index (χ3n) is 4.97. The standard InChI is InChI=1S/C22H18N6O.C2H4O2/c23-22-25-8-6-20(28-22)27-16-4-3-15-12-26-21(17(15)11-16)19(29)10-13-1-2-14-5-7-24-18(14)9-13;1-2(3)4/h1-9,11,24H,10,12H2,(H3,23,25,27,28);1H3,(H,3,4). The van der Waals surface area contributed by atoms with E-state index >= 15 is 0 Å². The Kier molecular flexibility index (Phi) is 6.12. The second-order valence-electron chi connectivity index (χ2n) is 7.48. The van der Waals surface area contributed by atoms with E-state index in [1.54, 1.807) is 12.3 Å². The van der Waals surface area contributed by atoms with E-state index in [4.69, 9.17) is 15.6 Å². The topological polar surface area (TPSA) is 146 Å². The molecule has 4 aromatic rings. The summed E-state index contributed by atoms with van der Waals surface area (Å²) in [6.07, 6.45) is 3.80. The van der Waals surface area contributed by atoms with Crippen LogP contribution in [-0.2, 0) is 22.6 Å². The van der Waals surface area contributed by atoms with Gasteiger partial charge in [-0.1, -0.05) is 18.2 Å². The highest BCUT2D eigenvalue weighted by molar-refractivity contribution is 6.47. The second-order valence-corrected chi connectivity index (χ2v) is 7.48. The lowest BCUT2D eigenvalue weighted by molar-refractivity contribution is -0.134. The summed E-state index contributed by atoms with van der Waals surface area (Å²) in [6.45, 7) is 1.60. The molecule has 0 saturated carbocycles. The number of aromatic amines is 1. The van der Waals surface area contributed by atoms with E-state index in [0.29, 0.717) is 24.5 Å². The number of aromatic nitrogens is 3. The molecule has 3 heterocycles. The number of ketones is 1. The Hall–Kier alpha value is -4.53.